The fourth-order valence-electron chi connectivity index (χ4n) is 4.32. The molecule has 9 heteroatoms. The number of para-hydroxylation sites is 1. The lowest BCUT2D eigenvalue weighted by Crippen LogP contribution is -2.37. The maximum Gasteiger partial charge on any atom is 0.407 e. The highest BCUT2D eigenvalue weighted by molar-refractivity contribution is 6.01. The van der Waals surface area contributed by atoms with Crippen molar-refractivity contribution in [1.29, 1.82) is 0 Å². The average Bonchev–Trinajstić information content (AvgIpc) is 3.41. The maximum atomic E-state index is 15.2. The summed E-state index contributed by atoms with van der Waals surface area (Å²) in [4.78, 5) is 17.1. The van der Waals surface area contributed by atoms with Crippen LogP contribution < -0.4 is 10.5 Å². The number of nitrogen functional groups attached to an aromatic ring is 1. The third-order valence-corrected chi connectivity index (χ3v) is 5.87. The number of carbonyl (C=O) groups is 1. The lowest BCUT2D eigenvalue weighted by Gasteiger charge is -2.21. The molecule has 168 valence electrons. The Balaban J connectivity index is 1.52. The summed E-state index contributed by atoms with van der Waals surface area (Å²) < 4.78 is 22.6. The molecule has 3 N–H and O–H groups in total. The van der Waals surface area contributed by atoms with Crippen LogP contribution in [0.15, 0.2) is 60.9 Å². The molecule has 4 aromatic rings. The van der Waals surface area contributed by atoms with Crippen molar-refractivity contribution in [3.8, 4) is 22.8 Å². The molecule has 0 spiro atoms. The van der Waals surface area contributed by atoms with Crippen LogP contribution in [0, 0.1) is 5.82 Å². The third kappa shape index (κ3) is 3.93. The molecule has 8 nitrogen and oxygen atoms in total. The van der Waals surface area contributed by atoms with Gasteiger partial charge in [0.1, 0.15) is 23.0 Å². The fraction of sp³-hybridized carbons (Fsp3) is 0.208. The van der Waals surface area contributed by atoms with Gasteiger partial charge in [0.25, 0.3) is 0 Å². The standard InChI is InChI=1S/C24H22FN5O3/c25-19-11-17(33-16-6-2-1-3-7-16)8-9-18(19)23-22-20(26)12-27-13-21(22)30(28-23)14-15-5-4-10-29(15)24(31)32/h1-3,6-9,11-13,15H,4-5,10,14,26H2,(H,31,32)/t15-/m1/s1. The van der Waals surface area contributed by atoms with Crippen molar-refractivity contribution >= 4 is 22.7 Å². The van der Waals surface area contributed by atoms with E-state index in [1.165, 1.54) is 17.2 Å². The lowest BCUT2D eigenvalue weighted by atomic mass is 10.1. The average molecular weight is 447 g/mol. The molecule has 0 radical (unpaired) electrons. The summed E-state index contributed by atoms with van der Waals surface area (Å²) in [6, 6.07) is 13.5. The van der Waals surface area contributed by atoms with Crippen molar-refractivity contribution in [2.24, 2.45) is 0 Å². The number of carboxylic acid groups (broad SMARTS) is 1. The van der Waals surface area contributed by atoms with Gasteiger partial charge in [-0.3, -0.25) is 9.67 Å². The van der Waals surface area contributed by atoms with Gasteiger partial charge >= 0.3 is 6.09 Å². The molecule has 0 saturated carbocycles. The van der Waals surface area contributed by atoms with Gasteiger partial charge in [0, 0.05) is 18.2 Å². The van der Waals surface area contributed by atoms with Gasteiger partial charge in [-0.2, -0.15) is 5.10 Å². The Kier molecular flexibility index (Phi) is 5.29. The number of amides is 1. The van der Waals surface area contributed by atoms with Gasteiger partial charge in [0.2, 0.25) is 0 Å². The molecule has 1 fully saturated rings. The quantitative estimate of drug-likeness (QED) is 0.457. The summed E-state index contributed by atoms with van der Waals surface area (Å²) >= 11 is 0. The smallest absolute Gasteiger partial charge is 0.407 e. The Bertz CT molecular complexity index is 1320. The molecule has 5 rings (SSSR count). The molecule has 1 aliphatic rings. The molecule has 0 bridgehead atoms. The van der Waals surface area contributed by atoms with E-state index in [1.807, 2.05) is 18.2 Å². The second kappa shape index (κ2) is 8.42. The Morgan fingerprint density at radius 3 is 2.76 bits per heavy atom. The first kappa shape index (κ1) is 20.7. The van der Waals surface area contributed by atoms with Gasteiger partial charge in [0.05, 0.1) is 41.6 Å². The van der Waals surface area contributed by atoms with Gasteiger partial charge in [-0.1, -0.05) is 18.2 Å². The zero-order valence-electron chi connectivity index (χ0n) is 17.7. The van der Waals surface area contributed by atoms with Crippen LogP contribution in [0.3, 0.4) is 0 Å². The molecular formula is C24H22FN5O3. The molecule has 0 aliphatic carbocycles. The van der Waals surface area contributed by atoms with Crippen LogP contribution in [-0.4, -0.2) is 43.5 Å². The number of halogens is 1. The molecular weight excluding hydrogens is 425 g/mol. The number of aromatic nitrogens is 3. The van der Waals surface area contributed by atoms with Crippen molar-refractivity contribution in [2.75, 3.05) is 12.3 Å². The zero-order valence-corrected chi connectivity index (χ0v) is 17.7. The molecule has 2 aromatic carbocycles. The number of hydrogen-bond donors (Lipinski definition) is 2. The third-order valence-electron chi connectivity index (χ3n) is 5.87. The molecule has 1 saturated heterocycles. The zero-order chi connectivity index (χ0) is 22.9. The van der Waals surface area contributed by atoms with Crippen molar-refractivity contribution in [3.05, 3.63) is 66.7 Å². The number of fused-ring (bicyclic) bond motifs is 1. The number of benzene rings is 2. The van der Waals surface area contributed by atoms with Gasteiger partial charge in [-0.15, -0.1) is 0 Å². The van der Waals surface area contributed by atoms with Crippen LogP contribution in [0.5, 0.6) is 11.5 Å². The van der Waals surface area contributed by atoms with E-state index in [1.54, 1.807) is 35.1 Å². The van der Waals surface area contributed by atoms with Crippen LogP contribution in [0.25, 0.3) is 22.2 Å². The maximum absolute atomic E-state index is 15.2. The van der Waals surface area contributed by atoms with E-state index in [4.69, 9.17) is 10.5 Å². The van der Waals surface area contributed by atoms with E-state index < -0.39 is 11.9 Å². The minimum Gasteiger partial charge on any atom is -0.465 e. The van der Waals surface area contributed by atoms with Crippen LogP contribution in [0.2, 0.25) is 0 Å². The van der Waals surface area contributed by atoms with Gasteiger partial charge in [0.15, 0.2) is 0 Å². The van der Waals surface area contributed by atoms with Crippen molar-refractivity contribution < 1.29 is 19.0 Å². The van der Waals surface area contributed by atoms with E-state index in [0.29, 0.717) is 46.9 Å². The topological polar surface area (TPSA) is 107 Å². The minimum atomic E-state index is -0.952. The van der Waals surface area contributed by atoms with Crippen LogP contribution in [0.1, 0.15) is 12.8 Å². The van der Waals surface area contributed by atoms with Gasteiger partial charge in [-0.05, 0) is 37.1 Å². The number of rotatable bonds is 5. The van der Waals surface area contributed by atoms with E-state index >= 15 is 4.39 Å². The molecule has 1 amide bonds. The van der Waals surface area contributed by atoms with Gasteiger partial charge < -0.3 is 20.5 Å². The number of pyridine rings is 1. The number of anilines is 1. The number of nitrogens with two attached hydrogens (primary N) is 1. The lowest BCUT2D eigenvalue weighted by molar-refractivity contribution is 0.135. The largest absolute Gasteiger partial charge is 0.465 e. The van der Waals surface area contributed by atoms with E-state index in [2.05, 4.69) is 10.1 Å². The Labute approximate surface area is 189 Å². The normalized spacial score (nSPS) is 15.8. The second-order valence-electron chi connectivity index (χ2n) is 7.98. The first-order chi connectivity index (χ1) is 16.0. The van der Waals surface area contributed by atoms with E-state index in [9.17, 15) is 9.90 Å². The first-order valence-electron chi connectivity index (χ1n) is 10.6. The SMILES string of the molecule is Nc1cncc2c1c(-c1ccc(Oc3ccccc3)cc1F)nn2C[C@H]1CCCN1C(=O)O. The molecule has 1 atom stereocenters. The predicted octanol–water partition coefficient (Wildman–Crippen LogP) is 4.75. The fourth-order valence-corrected chi connectivity index (χ4v) is 4.32. The summed E-state index contributed by atoms with van der Waals surface area (Å²) in [5.41, 5.74) is 7.87. The molecule has 2 aromatic heterocycles. The number of ether oxygens (including phenoxy) is 1. The Morgan fingerprint density at radius 2 is 2.00 bits per heavy atom. The Morgan fingerprint density at radius 1 is 1.18 bits per heavy atom. The highest BCUT2D eigenvalue weighted by Gasteiger charge is 2.30. The summed E-state index contributed by atoms with van der Waals surface area (Å²) in [6.07, 6.45) is 3.70. The summed E-state index contributed by atoms with van der Waals surface area (Å²) in [5.74, 6) is 0.470. The highest BCUT2D eigenvalue weighted by Crippen LogP contribution is 2.35. The minimum absolute atomic E-state index is 0.216. The highest BCUT2D eigenvalue weighted by atomic mass is 19.1. The summed E-state index contributed by atoms with van der Waals surface area (Å²) in [7, 11) is 0. The molecule has 3 heterocycles. The molecule has 0 unspecified atom stereocenters. The van der Waals surface area contributed by atoms with Crippen LogP contribution >= 0.6 is 0 Å². The monoisotopic (exact) mass is 447 g/mol. The van der Waals surface area contributed by atoms with E-state index in [0.717, 1.165) is 12.8 Å². The predicted molar refractivity (Wildman–Crippen MR) is 122 cm³/mol. The van der Waals surface area contributed by atoms with Crippen LogP contribution in [0.4, 0.5) is 14.9 Å². The summed E-state index contributed by atoms with van der Waals surface area (Å²) in [5, 5.41) is 14.7. The second-order valence-corrected chi connectivity index (χ2v) is 7.98. The van der Waals surface area contributed by atoms with Crippen molar-refractivity contribution in [2.45, 2.75) is 25.4 Å². The Hall–Kier alpha value is -4.14. The number of hydrogen-bond acceptors (Lipinski definition) is 5. The summed E-state index contributed by atoms with van der Waals surface area (Å²) in [6.45, 7) is 0.828. The van der Waals surface area contributed by atoms with Crippen molar-refractivity contribution in [3.63, 3.8) is 0 Å². The number of likely N-dealkylation sites (tertiary alicyclic amines) is 1. The van der Waals surface area contributed by atoms with Crippen LogP contribution in [-0.2, 0) is 6.54 Å². The molecule has 33 heavy (non-hydrogen) atoms. The number of nitrogens with zero attached hydrogens (tertiary/aromatic N) is 4. The first-order valence-corrected chi connectivity index (χ1v) is 10.6. The van der Waals surface area contributed by atoms with Crippen molar-refractivity contribution in [1.82, 2.24) is 19.7 Å². The van der Waals surface area contributed by atoms with Gasteiger partial charge in [-0.25, -0.2) is 9.18 Å². The van der Waals surface area contributed by atoms with E-state index in [-0.39, 0.29) is 11.6 Å². The molecule has 1 aliphatic heterocycles.